The number of nitrogens with zero attached hydrogens (tertiary/aromatic N) is 3. The normalized spacial score (nSPS) is 11.1. The first kappa shape index (κ1) is 18.1. The van der Waals surface area contributed by atoms with Crippen LogP contribution < -0.4 is 10.2 Å². The summed E-state index contributed by atoms with van der Waals surface area (Å²) in [6.07, 6.45) is 1.37. The van der Waals surface area contributed by atoms with Crippen LogP contribution in [0.2, 0.25) is 0 Å². The highest BCUT2D eigenvalue weighted by atomic mass is 16.6. The topological polar surface area (TPSA) is 98.8 Å². The Balaban J connectivity index is 1.87. The van der Waals surface area contributed by atoms with Gasteiger partial charge >= 0.3 is 0 Å². The van der Waals surface area contributed by atoms with Crippen molar-refractivity contribution in [2.24, 2.45) is 12.1 Å². The highest BCUT2D eigenvalue weighted by Crippen LogP contribution is 2.28. The number of nitro groups is 1. The summed E-state index contributed by atoms with van der Waals surface area (Å²) in [5.41, 5.74) is 5.16. The molecule has 0 saturated heterocycles. The van der Waals surface area contributed by atoms with E-state index in [4.69, 9.17) is 4.74 Å². The smallest absolute Gasteiger partial charge is 0.273 e. The van der Waals surface area contributed by atoms with E-state index in [9.17, 15) is 14.9 Å². The van der Waals surface area contributed by atoms with Crippen LogP contribution in [0.15, 0.2) is 47.6 Å². The van der Waals surface area contributed by atoms with Gasteiger partial charge in [0.25, 0.3) is 11.6 Å². The Labute approximate surface area is 155 Å². The number of benzene rings is 2. The summed E-state index contributed by atoms with van der Waals surface area (Å²) in [5, 5.41) is 15.5. The van der Waals surface area contributed by atoms with Crippen LogP contribution in [0.4, 0.5) is 5.69 Å². The number of carbonyl (C=O) groups excluding carboxylic acids is 1. The molecule has 1 amide bonds. The maximum atomic E-state index is 12.7. The molecule has 0 atom stereocenters. The van der Waals surface area contributed by atoms with Crippen molar-refractivity contribution in [1.29, 1.82) is 0 Å². The molecule has 0 spiro atoms. The standard InChI is InChI=1S/C19H18N4O4/c1-12-18(16-10-15(27-3)7-8-17(16)22(12)2)19(24)21-20-11-13-5-4-6-14(9-13)23(25)26/h4-11H,1-3H3,(H,21,24). The molecule has 138 valence electrons. The van der Waals surface area contributed by atoms with Gasteiger partial charge in [-0.05, 0) is 25.1 Å². The van der Waals surface area contributed by atoms with Crippen LogP contribution in [-0.2, 0) is 7.05 Å². The third-order valence-electron chi connectivity index (χ3n) is 4.39. The molecule has 0 aliphatic rings. The predicted molar refractivity (Wildman–Crippen MR) is 102 cm³/mol. The van der Waals surface area contributed by atoms with E-state index < -0.39 is 4.92 Å². The fourth-order valence-electron chi connectivity index (χ4n) is 2.90. The zero-order chi connectivity index (χ0) is 19.6. The van der Waals surface area contributed by atoms with Crippen molar-refractivity contribution in [2.45, 2.75) is 6.92 Å². The summed E-state index contributed by atoms with van der Waals surface area (Å²) >= 11 is 0. The van der Waals surface area contributed by atoms with Crippen LogP contribution in [0.1, 0.15) is 21.6 Å². The third kappa shape index (κ3) is 3.50. The van der Waals surface area contributed by atoms with Gasteiger partial charge in [-0.25, -0.2) is 5.43 Å². The largest absolute Gasteiger partial charge is 0.497 e. The highest BCUT2D eigenvalue weighted by Gasteiger charge is 2.18. The average molecular weight is 366 g/mol. The maximum Gasteiger partial charge on any atom is 0.273 e. The van der Waals surface area contributed by atoms with Crippen LogP contribution in [0.5, 0.6) is 5.75 Å². The number of nitro benzene ring substituents is 1. The third-order valence-corrected chi connectivity index (χ3v) is 4.39. The number of nitrogens with one attached hydrogen (secondary N) is 1. The number of fused-ring (bicyclic) bond motifs is 1. The molecule has 0 aliphatic heterocycles. The Bertz CT molecular complexity index is 1070. The van der Waals surface area contributed by atoms with Crippen molar-refractivity contribution in [2.75, 3.05) is 7.11 Å². The van der Waals surface area contributed by atoms with Crippen LogP contribution in [-0.4, -0.2) is 28.7 Å². The van der Waals surface area contributed by atoms with E-state index in [2.05, 4.69) is 10.5 Å². The molecule has 0 bridgehead atoms. The zero-order valence-corrected chi connectivity index (χ0v) is 15.1. The molecule has 0 aliphatic carbocycles. The van der Waals surface area contributed by atoms with Gasteiger partial charge in [0.2, 0.25) is 0 Å². The van der Waals surface area contributed by atoms with Gasteiger partial charge in [-0.1, -0.05) is 12.1 Å². The van der Waals surface area contributed by atoms with Gasteiger partial charge in [-0.2, -0.15) is 5.10 Å². The molecule has 2 aromatic carbocycles. The van der Waals surface area contributed by atoms with Crippen molar-refractivity contribution in [3.05, 3.63) is 69.4 Å². The highest BCUT2D eigenvalue weighted by molar-refractivity contribution is 6.08. The Kier molecular flexibility index (Phi) is 4.89. The number of hydrazone groups is 1. The Hall–Kier alpha value is -3.68. The van der Waals surface area contributed by atoms with Crippen molar-refractivity contribution in [3.8, 4) is 5.75 Å². The molecule has 0 fully saturated rings. The first-order valence-electron chi connectivity index (χ1n) is 8.13. The van der Waals surface area contributed by atoms with Crippen molar-refractivity contribution >= 4 is 28.7 Å². The van der Waals surface area contributed by atoms with E-state index in [-0.39, 0.29) is 11.6 Å². The van der Waals surface area contributed by atoms with E-state index >= 15 is 0 Å². The number of hydrogen-bond donors (Lipinski definition) is 1. The van der Waals surface area contributed by atoms with Gasteiger partial charge in [0.05, 0.1) is 23.8 Å². The second-order valence-electron chi connectivity index (χ2n) is 5.95. The van der Waals surface area contributed by atoms with Gasteiger partial charge in [0.1, 0.15) is 5.75 Å². The molecule has 8 nitrogen and oxygen atoms in total. The molecule has 0 unspecified atom stereocenters. The number of aromatic nitrogens is 1. The van der Waals surface area contributed by atoms with Crippen LogP contribution >= 0.6 is 0 Å². The molecule has 3 aromatic rings. The number of aryl methyl sites for hydroxylation is 1. The lowest BCUT2D eigenvalue weighted by Crippen LogP contribution is -2.18. The van der Waals surface area contributed by atoms with Crippen LogP contribution in [0.25, 0.3) is 10.9 Å². The molecule has 27 heavy (non-hydrogen) atoms. The number of non-ortho nitro benzene ring substituents is 1. The summed E-state index contributed by atoms with van der Waals surface area (Å²) in [4.78, 5) is 23.0. The molecular weight excluding hydrogens is 348 g/mol. The minimum Gasteiger partial charge on any atom is -0.497 e. The quantitative estimate of drug-likeness (QED) is 0.426. The van der Waals surface area contributed by atoms with Gasteiger partial charge in [0.15, 0.2) is 0 Å². The first-order chi connectivity index (χ1) is 12.9. The van der Waals surface area contributed by atoms with Gasteiger partial charge in [-0.15, -0.1) is 0 Å². The van der Waals surface area contributed by atoms with E-state index in [0.29, 0.717) is 16.9 Å². The monoisotopic (exact) mass is 366 g/mol. The summed E-state index contributed by atoms with van der Waals surface area (Å²) < 4.78 is 7.17. The Morgan fingerprint density at radius 2 is 2.07 bits per heavy atom. The molecule has 0 radical (unpaired) electrons. The van der Waals surface area contributed by atoms with E-state index in [1.54, 1.807) is 19.2 Å². The van der Waals surface area contributed by atoms with Crippen molar-refractivity contribution < 1.29 is 14.5 Å². The Morgan fingerprint density at radius 1 is 1.30 bits per heavy atom. The number of carbonyl (C=O) groups is 1. The van der Waals surface area contributed by atoms with Gasteiger partial charge in [0, 0.05) is 41.3 Å². The lowest BCUT2D eigenvalue weighted by atomic mass is 10.1. The second kappa shape index (κ2) is 7.28. The molecule has 8 heteroatoms. The molecule has 1 aromatic heterocycles. The van der Waals surface area contributed by atoms with Gasteiger partial charge in [-0.3, -0.25) is 14.9 Å². The lowest BCUT2D eigenvalue weighted by molar-refractivity contribution is -0.384. The molecule has 1 heterocycles. The first-order valence-corrected chi connectivity index (χ1v) is 8.13. The second-order valence-corrected chi connectivity index (χ2v) is 5.95. The predicted octanol–water partition coefficient (Wildman–Crippen LogP) is 3.17. The zero-order valence-electron chi connectivity index (χ0n) is 15.1. The molecule has 3 rings (SSSR count). The SMILES string of the molecule is COc1ccc2c(c1)c(C(=O)NN=Cc1cccc([N+](=O)[O-])c1)c(C)n2C. The summed E-state index contributed by atoms with van der Waals surface area (Å²) in [7, 11) is 3.45. The summed E-state index contributed by atoms with van der Waals surface area (Å²) in [5.74, 6) is 0.287. The average Bonchev–Trinajstić information content (AvgIpc) is 2.92. The number of rotatable bonds is 5. The summed E-state index contributed by atoms with van der Waals surface area (Å²) in [6.45, 7) is 1.85. The fraction of sp³-hybridized carbons (Fsp3) is 0.158. The number of methoxy groups -OCH3 is 1. The molecular formula is C19H18N4O4. The van der Waals surface area contributed by atoms with E-state index in [1.807, 2.05) is 36.7 Å². The lowest BCUT2D eigenvalue weighted by Gasteiger charge is -2.02. The number of amides is 1. The number of hydrogen-bond acceptors (Lipinski definition) is 5. The van der Waals surface area contributed by atoms with Crippen molar-refractivity contribution in [1.82, 2.24) is 9.99 Å². The molecule has 0 saturated carbocycles. The van der Waals surface area contributed by atoms with Crippen LogP contribution in [0, 0.1) is 17.0 Å². The van der Waals surface area contributed by atoms with Crippen LogP contribution in [0.3, 0.4) is 0 Å². The van der Waals surface area contributed by atoms with E-state index in [1.165, 1.54) is 18.3 Å². The van der Waals surface area contributed by atoms with Crippen molar-refractivity contribution in [3.63, 3.8) is 0 Å². The molecule has 1 N–H and O–H groups in total. The summed E-state index contributed by atoms with van der Waals surface area (Å²) in [6, 6.07) is 11.5. The minimum atomic E-state index is -0.483. The maximum absolute atomic E-state index is 12.7. The fourth-order valence-corrected chi connectivity index (χ4v) is 2.90. The van der Waals surface area contributed by atoms with Gasteiger partial charge < -0.3 is 9.30 Å². The Morgan fingerprint density at radius 3 is 2.78 bits per heavy atom. The number of ether oxygens (including phenoxy) is 1. The van der Waals surface area contributed by atoms with E-state index in [0.717, 1.165) is 16.6 Å². The minimum absolute atomic E-state index is 0.0396.